The van der Waals surface area contributed by atoms with E-state index in [1.165, 1.54) is 4.90 Å². The summed E-state index contributed by atoms with van der Waals surface area (Å²) < 4.78 is 10.9. The summed E-state index contributed by atoms with van der Waals surface area (Å²) in [6.45, 7) is 6.00. The molecular weight excluding hydrogens is 470 g/mol. The lowest BCUT2D eigenvalue weighted by atomic mass is 9.95. The summed E-state index contributed by atoms with van der Waals surface area (Å²) >= 11 is 0. The van der Waals surface area contributed by atoms with Crippen LogP contribution in [0.15, 0.2) is 84.4 Å². The number of carbonyl (C=O) groups is 3. The molecule has 1 aliphatic rings. The molecule has 3 aromatic rings. The van der Waals surface area contributed by atoms with Gasteiger partial charge in [0.25, 0.3) is 11.7 Å². The van der Waals surface area contributed by atoms with E-state index in [4.69, 9.17) is 9.47 Å². The lowest BCUT2D eigenvalue weighted by Gasteiger charge is -2.25. The molecule has 1 atom stereocenters. The Kier molecular flexibility index (Phi) is 7.72. The van der Waals surface area contributed by atoms with Gasteiger partial charge >= 0.3 is 5.97 Å². The summed E-state index contributed by atoms with van der Waals surface area (Å²) in [4.78, 5) is 40.2. The smallest absolute Gasteiger partial charge is 0.338 e. The number of anilines is 1. The topological polar surface area (TPSA) is 93.1 Å². The maximum Gasteiger partial charge on any atom is 0.338 e. The number of hydrogen-bond donors (Lipinski definition) is 1. The third-order valence-corrected chi connectivity index (χ3v) is 5.86. The Morgan fingerprint density at radius 3 is 2.30 bits per heavy atom. The third kappa shape index (κ3) is 5.40. The first-order chi connectivity index (χ1) is 17.8. The maximum absolute atomic E-state index is 13.3. The number of amides is 1. The first-order valence-electron chi connectivity index (χ1n) is 12.2. The molecule has 0 radical (unpaired) electrons. The van der Waals surface area contributed by atoms with Crippen molar-refractivity contribution in [1.82, 2.24) is 0 Å². The van der Waals surface area contributed by atoms with Gasteiger partial charge in [0.15, 0.2) is 0 Å². The van der Waals surface area contributed by atoms with Gasteiger partial charge in [-0.3, -0.25) is 14.5 Å². The molecule has 0 aromatic heterocycles. The van der Waals surface area contributed by atoms with Crippen LogP contribution in [0.1, 0.15) is 54.7 Å². The number of aliphatic hydroxyl groups excluding tert-OH is 1. The fraction of sp³-hybridized carbons (Fsp3) is 0.233. The Morgan fingerprint density at radius 1 is 0.946 bits per heavy atom. The quantitative estimate of drug-likeness (QED) is 0.186. The van der Waals surface area contributed by atoms with E-state index in [0.717, 1.165) is 0 Å². The van der Waals surface area contributed by atoms with Crippen LogP contribution in [0, 0.1) is 0 Å². The zero-order valence-electron chi connectivity index (χ0n) is 21.0. The van der Waals surface area contributed by atoms with Gasteiger partial charge in [-0.05, 0) is 62.2 Å². The molecule has 1 unspecified atom stereocenters. The number of esters is 1. The van der Waals surface area contributed by atoms with Gasteiger partial charge in [-0.15, -0.1) is 0 Å². The molecule has 3 aromatic carbocycles. The number of ether oxygens (including phenoxy) is 2. The van der Waals surface area contributed by atoms with E-state index in [1.807, 2.05) is 26.8 Å². The highest BCUT2D eigenvalue weighted by atomic mass is 16.5. The second kappa shape index (κ2) is 11.1. The van der Waals surface area contributed by atoms with Crippen molar-refractivity contribution < 1.29 is 29.0 Å². The molecule has 1 saturated heterocycles. The minimum absolute atomic E-state index is 0.0238. The Bertz CT molecular complexity index is 1330. The Morgan fingerprint density at radius 2 is 1.65 bits per heavy atom. The Hall–Kier alpha value is -4.39. The number of nitrogens with zero attached hydrogens (tertiary/aromatic N) is 1. The van der Waals surface area contributed by atoms with Gasteiger partial charge in [-0.1, -0.05) is 49.4 Å². The van der Waals surface area contributed by atoms with E-state index in [2.05, 4.69) is 0 Å². The Balaban J connectivity index is 1.79. The van der Waals surface area contributed by atoms with E-state index in [9.17, 15) is 19.5 Å². The number of ketones is 1. The fourth-order valence-electron chi connectivity index (χ4n) is 4.23. The minimum atomic E-state index is -0.867. The molecule has 1 aliphatic heterocycles. The molecular formula is C30H29NO6. The molecule has 190 valence electrons. The van der Waals surface area contributed by atoms with E-state index < -0.39 is 23.7 Å². The van der Waals surface area contributed by atoms with E-state index in [1.54, 1.807) is 72.8 Å². The molecule has 0 aliphatic carbocycles. The minimum Gasteiger partial charge on any atom is -0.507 e. The van der Waals surface area contributed by atoms with Gasteiger partial charge in [0.2, 0.25) is 0 Å². The predicted octanol–water partition coefficient (Wildman–Crippen LogP) is 5.67. The van der Waals surface area contributed by atoms with Gasteiger partial charge in [0, 0.05) is 11.3 Å². The van der Waals surface area contributed by atoms with E-state index in [-0.39, 0.29) is 17.4 Å². The molecule has 7 heteroatoms. The van der Waals surface area contributed by atoms with Crippen molar-refractivity contribution in [1.29, 1.82) is 0 Å². The number of carbonyl (C=O) groups excluding carboxylic acids is 3. The molecule has 7 nitrogen and oxygen atoms in total. The zero-order chi connectivity index (χ0) is 26.5. The van der Waals surface area contributed by atoms with Gasteiger partial charge in [0.1, 0.15) is 11.5 Å². The van der Waals surface area contributed by atoms with E-state index >= 15 is 0 Å². The van der Waals surface area contributed by atoms with Gasteiger partial charge in [-0.2, -0.15) is 0 Å². The number of Topliss-reactive ketones (excluding diaryl/α,β-unsaturated/α-hetero) is 1. The van der Waals surface area contributed by atoms with Crippen LogP contribution in [0.3, 0.4) is 0 Å². The van der Waals surface area contributed by atoms with Crippen LogP contribution in [0.25, 0.3) is 5.76 Å². The van der Waals surface area contributed by atoms with Crippen LogP contribution in [-0.2, 0) is 14.3 Å². The van der Waals surface area contributed by atoms with Crippen LogP contribution in [-0.4, -0.2) is 35.5 Å². The molecule has 37 heavy (non-hydrogen) atoms. The number of benzene rings is 3. The van der Waals surface area contributed by atoms with Crippen molar-refractivity contribution in [3.05, 3.63) is 101 Å². The average molecular weight is 500 g/mol. The molecule has 0 spiro atoms. The highest BCUT2D eigenvalue weighted by Gasteiger charge is 2.47. The highest BCUT2D eigenvalue weighted by Crippen LogP contribution is 2.42. The highest BCUT2D eigenvalue weighted by molar-refractivity contribution is 6.51. The zero-order valence-corrected chi connectivity index (χ0v) is 21.0. The normalized spacial score (nSPS) is 16.8. The van der Waals surface area contributed by atoms with Crippen molar-refractivity contribution in [2.24, 2.45) is 0 Å². The fourth-order valence-corrected chi connectivity index (χ4v) is 4.23. The standard InChI is InChI=1S/C30H29NO6/c1-4-17-36-30(35)21-13-15-23(16-14-21)31-26(20-9-6-5-7-10-20)25(28(33)29(31)34)27(32)22-11-8-12-24(18-22)37-19(2)3/h5-16,18-19,26,32H,4,17H2,1-3H3/b27-25+. The molecule has 1 N–H and O–H groups in total. The summed E-state index contributed by atoms with van der Waals surface area (Å²) in [5, 5.41) is 11.3. The number of hydrogen-bond acceptors (Lipinski definition) is 6. The second-order valence-corrected chi connectivity index (χ2v) is 8.96. The van der Waals surface area contributed by atoms with Crippen molar-refractivity contribution in [2.75, 3.05) is 11.5 Å². The summed E-state index contributed by atoms with van der Waals surface area (Å²) in [6, 6.07) is 21.3. The van der Waals surface area contributed by atoms with E-state index in [0.29, 0.717) is 41.2 Å². The number of aliphatic hydroxyl groups is 1. The molecule has 4 rings (SSSR count). The maximum atomic E-state index is 13.3. The first-order valence-corrected chi connectivity index (χ1v) is 12.2. The lowest BCUT2D eigenvalue weighted by Crippen LogP contribution is -2.29. The average Bonchev–Trinajstić information content (AvgIpc) is 3.17. The summed E-state index contributed by atoms with van der Waals surface area (Å²) in [6.07, 6.45) is 0.632. The molecule has 1 heterocycles. The van der Waals surface area contributed by atoms with Gasteiger partial charge in [-0.25, -0.2) is 4.79 Å². The third-order valence-electron chi connectivity index (χ3n) is 5.86. The molecule has 0 bridgehead atoms. The molecule has 1 fully saturated rings. The van der Waals surface area contributed by atoms with Gasteiger partial charge in [0.05, 0.1) is 29.9 Å². The van der Waals surface area contributed by atoms with Crippen molar-refractivity contribution in [3.8, 4) is 5.75 Å². The van der Waals surface area contributed by atoms with Crippen molar-refractivity contribution in [2.45, 2.75) is 39.3 Å². The first kappa shape index (κ1) is 25.7. The van der Waals surface area contributed by atoms with Crippen LogP contribution in [0.5, 0.6) is 5.75 Å². The summed E-state index contributed by atoms with van der Waals surface area (Å²) in [5.41, 5.74) is 1.76. The van der Waals surface area contributed by atoms with Crippen LogP contribution >= 0.6 is 0 Å². The largest absolute Gasteiger partial charge is 0.507 e. The SMILES string of the molecule is CCCOC(=O)c1ccc(N2C(=O)C(=O)/C(=C(/O)c3cccc(OC(C)C)c3)C2c2ccccc2)cc1. The molecule has 1 amide bonds. The van der Waals surface area contributed by atoms with Crippen LogP contribution in [0.4, 0.5) is 5.69 Å². The monoisotopic (exact) mass is 499 g/mol. The molecule has 0 saturated carbocycles. The van der Waals surface area contributed by atoms with Crippen LogP contribution < -0.4 is 9.64 Å². The van der Waals surface area contributed by atoms with Crippen LogP contribution in [0.2, 0.25) is 0 Å². The summed E-state index contributed by atoms with van der Waals surface area (Å²) in [7, 11) is 0. The van der Waals surface area contributed by atoms with Gasteiger partial charge < -0.3 is 14.6 Å². The van der Waals surface area contributed by atoms with Crippen molar-refractivity contribution >= 4 is 29.1 Å². The lowest BCUT2D eigenvalue weighted by molar-refractivity contribution is -0.132. The van der Waals surface area contributed by atoms with Crippen molar-refractivity contribution in [3.63, 3.8) is 0 Å². The Labute approximate surface area is 215 Å². The second-order valence-electron chi connectivity index (χ2n) is 8.96. The number of rotatable bonds is 8. The summed E-state index contributed by atoms with van der Waals surface area (Å²) in [5.74, 6) is -1.78. The predicted molar refractivity (Wildman–Crippen MR) is 140 cm³/mol.